The maximum Gasteiger partial charge on any atom is 0.257 e. The molecule has 1 amide bonds. The van der Waals surface area contributed by atoms with Crippen LogP contribution in [-0.2, 0) is 23.3 Å². The summed E-state index contributed by atoms with van der Waals surface area (Å²) in [7, 11) is 0. The largest absolute Gasteiger partial charge is 0.375 e. The van der Waals surface area contributed by atoms with Gasteiger partial charge < -0.3 is 20.2 Å². The number of hydrogen-bond donors (Lipinski definition) is 1. The van der Waals surface area contributed by atoms with Crippen molar-refractivity contribution in [2.24, 2.45) is 5.73 Å². The number of hydrogen-bond acceptors (Lipinski definition) is 3. The minimum Gasteiger partial charge on any atom is -0.375 e. The fourth-order valence-corrected chi connectivity index (χ4v) is 6.31. The molecule has 0 bridgehead atoms. The number of ether oxygens (including phenoxy) is 1. The molecule has 2 fully saturated rings. The summed E-state index contributed by atoms with van der Waals surface area (Å²) in [6.45, 7) is 11.6. The van der Waals surface area contributed by atoms with Gasteiger partial charge in [-0.1, -0.05) is 60.7 Å². The molecule has 2 N–H and O–H groups in total. The van der Waals surface area contributed by atoms with Crippen LogP contribution in [0.5, 0.6) is 0 Å². The molecular formula is C34H39N3O2. The number of benzene rings is 3. The molecule has 1 aliphatic carbocycles. The number of amides is 1. The number of carbonyl (C=O) groups is 1. The van der Waals surface area contributed by atoms with Gasteiger partial charge in [-0.15, -0.1) is 0 Å². The third-order valence-corrected chi connectivity index (χ3v) is 8.27. The summed E-state index contributed by atoms with van der Waals surface area (Å²) >= 11 is 0. The predicted molar refractivity (Wildman–Crippen MR) is 155 cm³/mol. The third-order valence-electron chi connectivity index (χ3n) is 8.27. The average molecular weight is 522 g/mol. The van der Waals surface area contributed by atoms with E-state index in [1.807, 2.05) is 60.4 Å². The minimum absolute atomic E-state index is 0.0373. The molecule has 1 aliphatic heterocycles. The monoisotopic (exact) mass is 521 g/mol. The highest BCUT2D eigenvalue weighted by molar-refractivity contribution is 5.95. The fourth-order valence-electron chi connectivity index (χ4n) is 6.31. The molecular weight excluding hydrogens is 482 g/mol. The molecule has 2 unspecified atom stereocenters. The molecule has 1 heterocycles. The molecule has 1 saturated heterocycles. The summed E-state index contributed by atoms with van der Waals surface area (Å²) in [5, 5.41) is 0. The summed E-state index contributed by atoms with van der Waals surface area (Å²) in [6, 6.07) is 26.6. The standard InChI is InChI=1S/C34H39N3O2/c1-33(35,23-26-12-5-3-6-13-26)25-39-24-27-20-29(22-30(21-27)34(36-2)17-9-10-18-34)32(38)37-19-11-16-31(37)28-14-7-4-8-15-28/h3-8,12-15,20-22,31H,9-11,16-19,23-25,35H2,1H3. The van der Waals surface area contributed by atoms with E-state index in [4.69, 9.17) is 17.0 Å². The van der Waals surface area contributed by atoms with Gasteiger partial charge in [0, 0.05) is 36.1 Å². The summed E-state index contributed by atoms with van der Waals surface area (Å²) in [5.74, 6) is 0.0373. The zero-order chi connectivity index (χ0) is 27.3. The summed E-state index contributed by atoms with van der Waals surface area (Å²) in [6.07, 6.45) is 6.43. The normalized spacial score (nSPS) is 19.9. The maximum absolute atomic E-state index is 14.0. The van der Waals surface area contributed by atoms with Crippen LogP contribution in [0.15, 0.2) is 78.9 Å². The number of rotatable bonds is 9. The highest BCUT2D eigenvalue weighted by Crippen LogP contribution is 2.43. The Morgan fingerprint density at radius 3 is 2.41 bits per heavy atom. The van der Waals surface area contributed by atoms with Gasteiger partial charge >= 0.3 is 0 Å². The lowest BCUT2D eigenvalue weighted by Gasteiger charge is -2.27. The number of nitrogens with zero attached hydrogens (tertiary/aromatic N) is 2. The van der Waals surface area contributed by atoms with Crippen LogP contribution in [0.2, 0.25) is 0 Å². The molecule has 3 aromatic carbocycles. The first-order valence-electron chi connectivity index (χ1n) is 14.2. The Morgan fingerprint density at radius 1 is 1.03 bits per heavy atom. The van der Waals surface area contributed by atoms with E-state index in [0.29, 0.717) is 25.2 Å². The van der Waals surface area contributed by atoms with E-state index in [2.05, 4.69) is 35.2 Å². The number of nitrogens with two attached hydrogens (primary N) is 1. The van der Waals surface area contributed by atoms with Crippen molar-refractivity contribution < 1.29 is 9.53 Å². The lowest BCUT2D eigenvalue weighted by atomic mass is 9.86. The smallest absolute Gasteiger partial charge is 0.257 e. The van der Waals surface area contributed by atoms with E-state index in [1.165, 1.54) is 11.1 Å². The van der Waals surface area contributed by atoms with E-state index in [9.17, 15) is 4.79 Å². The molecule has 39 heavy (non-hydrogen) atoms. The van der Waals surface area contributed by atoms with Crippen LogP contribution in [0.4, 0.5) is 0 Å². The van der Waals surface area contributed by atoms with E-state index in [0.717, 1.165) is 56.2 Å². The van der Waals surface area contributed by atoms with Crippen LogP contribution in [0.25, 0.3) is 4.85 Å². The zero-order valence-electron chi connectivity index (χ0n) is 22.9. The first-order chi connectivity index (χ1) is 18.9. The molecule has 5 heteroatoms. The van der Waals surface area contributed by atoms with E-state index in [1.54, 1.807) is 0 Å². The minimum atomic E-state index is -0.551. The van der Waals surface area contributed by atoms with E-state index in [-0.39, 0.29) is 11.9 Å². The zero-order valence-corrected chi connectivity index (χ0v) is 22.9. The van der Waals surface area contributed by atoms with E-state index < -0.39 is 11.1 Å². The number of likely N-dealkylation sites (tertiary alicyclic amines) is 1. The molecule has 2 atom stereocenters. The lowest BCUT2D eigenvalue weighted by molar-refractivity contribution is 0.0730. The van der Waals surface area contributed by atoms with Crippen molar-refractivity contribution in [1.29, 1.82) is 0 Å². The predicted octanol–water partition coefficient (Wildman–Crippen LogP) is 6.83. The Kier molecular flexibility index (Phi) is 8.16. The Hall–Kier alpha value is -3.46. The summed E-state index contributed by atoms with van der Waals surface area (Å²) in [5.41, 5.74) is 10.4. The molecule has 0 spiro atoms. The van der Waals surface area contributed by atoms with E-state index >= 15 is 0 Å². The summed E-state index contributed by atoms with van der Waals surface area (Å²) in [4.78, 5) is 20.1. The van der Waals surface area contributed by atoms with Crippen LogP contribution >= 0.6 is 0 Å². The Balaban J connectivity index is 1.38. The van der Waals surface area contributed by atoms with Crippen molar-refractivity contribution in [2.45, 2.75) is 75.6 Å². The van der Waals surface area contributed by atoms with Crippen LogP contribution < -0.4 is 5.73 Å². The SMILES string of the molecule is [C-]#[N+]C1(c2cc(COCC(C)(N)Cc3ccccc3)cc(C(=O)N3CCCC3c3ccccc3)c2)CCCC1. The molecule has 5 nitrogen and oxygen atoms in total. The van der Waals surface area contributed by atoms with Crippen molar-refractivity contribution in [3.05, 3.63) is 118 Å². The van der Waals surface area contributed by atoms with Gasteiger partial charge in [0.1, 0.15) is 0 Å². The fraction of sp³-hybridized carbons (Fsp3) is 0.412. The molecule has 0 aromatic heterocycles. The molecule has 3 aromatic rings. The molecule has 2 aliphatic rings. The lowest BCUT2D eigenvalue weighted by Crippen LogP contribution is -2.43. The van der Waals surface area contributed by atoms with Crippen LogP contribution in [-0.4, -0.2) is 29.5 Å². The third kappa shape index (κ3) is 6.24. The van der Waals surface area contributed by atoms with Crippen LogP contribution in [0.1, 0.15) is 84.1 Å². The van der Waals surface area contributed by atoms with Crippen LogP contribution in [0.3, 0.4) is 0 Å². The second-order valence-electron chi connectivity index (χ2n) is 11.6. The maximum atomic E-state index is 14.0. The van der Waals surface area contributed by atoms with Gasteiger partial charge in [-0.2, -0.15) is 0 Å². The van der Waals surface area contributed by atoms with Gasteiger partial charge in [0.2, 0.25) is 0 Å². The first-order valence-corrected chi connectivity index (χ1v) is 14.2. The summed E-state index contributed by atoms with van der Waals surface area (Å²) < 4.78 is 6.16. The van der Waals surface area contributed by atoms with Gasteiger partial charge in [-0.05, 0) is 73.9 Å². The van der Waals surface area contributed by atoms with Crippen molar-refractivity contribution in [2.75, 3.05) is 13.2 Å². The molecule has 202 valence electrons. The Labute approximate surface area is 232 Å². The Morgan fingerprint density at radius 2 is 1.72 bits per heavy atom. The van der Waals surface area contributed by atoms with Crippen molar-refractivity contribution in [3.63, 3.8) is 0 Å². The van der Waals surface area contributed by atoms with Gasteiger partial charge in [0.05, 0.1) is 19.3 Å². The second-order valence-corrected chi connectivity index (χ2v) is 11.6. The molecule has 5 rings (SSSR count). The first kappa shape index (κ1) is 27.1. The van der Waals surface area contributed by atoms with Crippen molar-refractivity contribution in [3.8, 4) is 0 Å². The second kappa shape index (κ2) is 11.7. The molecule has 0 radical (unpaired) electrons. The van der Waals surface area contributed by atoms with Gasteiger partial charge in [-0.3, -0.25) is 4.79 Å². The van der Waals surface area contributed by atoms with Gasteiger partial charge in [-0.25, -0.2) is 6.57 Å². The highest BCUT2D eigenvalue weighted by Gasteiger charge is 2.43. The average Bonchev–Trinajstić information content (AvgIpc) is 3.64. The van der Waals surface area contributed by atoms with Crippen molar-refractivity contribution in [1.82, 2.24) is 4.90 Å². The van der Waals surface area contributed by atoms with Gasteiger partial charge in [0.15, 0.2) is 0 Å². The van der Waals surface area contributed by atoms with Crippen LogP contribution in [0, 0.1) is 6.57 Å². The quantitative estimate of drug-likeness (QED) is 0.314. The van der Waals surface area contributed by atoms with Crippen molar-refractivity contribution >= 4 is 5.91 Å². The highest BCUT2D eigenvalue weighted by atomic mass is 16.5. The van der Waals surface area contributed by atoms with Gasteiger partial charge in [0.25, 0.3) is 11.4 Å². The molecule has 1 saturated carbocycles. The number of carbonyl (C=O) groups excluding carboxylic acids is 1. The Bertz CT molecular complexity index is 1310. The topological polar surface area (TPSA) is 59.9 Å².